The van der Waals surface area contributed by atoms with Crippen molar-refractivity contribution >= 4 is 12.1 Å². The maximum absolute atomic E-state index is 12.0. The van der Waals surface area contributed by atoms with Crippen LogP contribution in [0, 0.1) is 0 Å². The fraction of sp³-hybridized carbons (Fsp3) is 0.222. The molecule has 0 aliphatic carbocycles. The number of carbonyl (C=O) groups excluding carboxylic acids is 1. The van der Waals surface area contributed by atoms with Crippen LogP contribution in [-0.2, 0) is 5.41 Å². The highest BCUT2D eigenvalue weighted by Gasteiger charge is 2.14. The molecule has 0 heterocycles. The molecule has 0 radical (unpaired) electrons. The van der Waals surface area contributed by atoms with Gasteiger partial charge in [-0.15, -0.1) is 0 Å². The van der Waals surface area contributed by atoms with E-state index in [2.05, 4.69) is 31.3 Å². The SMILES string of the molecule is CC(C)(C)c1ccc(C(=O)N/N=C\c2ccccc2O)cc1. The first kappa shape index (κ1) is 15.8. The average Bonchev–Trinajstić information content (AvgIpc) is 2.48. The van der Waals surface area contributed by atoms with Gasteiger partial charge in [0.25, 0.3) is 5.91 Å². The molecule has 2 N–H and O–H groups in total. The minimum atomic E-state index is -0.285. The second-order valence-electron chi connectivity index (χ2n) is 6.09. The van der Waals surface area contributed by atoms with Crippen LogP contribution in [0.25, 0.3) is 0 Å². The Kier molecular flexibility index (Phi) is 4.61. The fourth-order valence-corrected chi connectivity index (χ4v) is 1.94. The van der Waals surface area contributed by atoms with E-state index in [9.17, 15) is 9.90 Å². The molecule has 0 atom stereocenters. The highest BCUT2D eigenvalue weighted by Crippen LogP contribution is 2.22. The van der Waals surface area contributed by atoms with Crippen molar-refractivity contribution in [2.45, 2.75) is 26.2 Å². The third kappa shape index (κ3) is 3.95. The topological polar surface area (TPSA) is 61.7 Å². The highest BCUT2D eigenvalue weighted by molar-refractivity contribution is 5.95. The Morgan fingerprint density at radius 3 is 2.32 bits per heavy atom. The Morgan fingerprint density at radius 1 is 1.09 bits per heavy atom. The quantitative estimate of drug-likeness (QED) is 0.673. The van der Waals surface area contributed by atoms with E-state index in [0.717, 1.165) is 0 Å². The maximum Gasteiger partial charge on any atom is 0.271 e. The van der Waals surface area contributed by atoms with E-state index in [0.29, 0.717) is 11.1 Å². The maximum atomic E-state index is 12.0. The van der Waals surface area contributed by atoms with E-state index >= 15 is 0 Å². The number of phenolic OH excluding ortho intramolecular Hbond substituents is 1. The standard InChI is InChI=1S/C18H20N2O2/c1-18(2,3)15-10-8-13(9-11-15)17(22)20-19-12-14-6-4-5-7-16(14)21/h4-12,21H,1-3H3,(H,20,22)/b19-12-. The molecular weight excluding hydrogens is 276 g/mol. The van der Waals surface area contributed by atoms with Gasteiger partial charge in [-0.2, -0.15) is 5.10 Å². The summed E-state index contributed by atoms with van der Waals surface area (Å²) >= 11 is 0. The number of nitrogens with one attached hydrogen (secondary N) is 1. The van der Waals surface area contributed by atoms with Gasteiger partial charge in [-0.25, -0.2) is 5.43 Å². The van der Waals surface area contributed by atoms with Crippen LogP contribution < -0.4 is 5.43 Å². The molecule has 2 aromatic rings. The lowest BCUT2D eigenvalue weighted by Crippen LogP contribution is -2.18. The number of rotatable bonds is 3. The van der Waals surface area contributed by atoms with Gasteiger partial charge in [0.15, 0.2) is 0 Å². The summed E-state index contributed by atoms with van der Waals surface area (Å²) in [6, 6.07) is 14.2. The normalized spacial score (nSPS) is 11.6. The van der Waals surface area contributed by atoms with Gasteiger partial charge >= 0.3 is 0 Å². The van der Waals surface area contributed by atoms with Gasteiger partial charge in [0.1, 0.15) is 5.75 Å². The Morgan fingerprint density at radius 2 is 1.73 bits per heavy atom. The molecular formula is C18H20N2O2. The molecule has 0 fully saturated rings. The first-order valence-corrected chi connectivity index (χ1v) is 7.10. The zero-order chi connectivity index (χ0) is 16.2. The molecule has 0 unspecified atom stereocenters. The van der Waals surface area contributed by atoms with Crippen molar-refractivity contribution in [1.82, 2.24) is 5.43 Å². The van der Waals surface area contributed by atoms with Crippen LogP contribution in [0.1, 0.15) is 42.3 Å². The summed E-state index contributed by atoms with van der Waals surface area (Å²) in [7, 11) is 0. The van der Waals surface area contributed by atoms with Crippen LogP contribution >= 0.6 is 0 Å². The molecule has 0 saturated heterocycles. The average molecular weight is 296 g/mol. The number of para-hydroxylation sites is 1. The van der Waals surface area contributed by atoms with E-state index in [1.807, 2.05) is 12.1 Å². The van der Waals surface area contributed by atoms with Crippen LogP contribution in [0.4, 0.5) is 0 Å². The van der Waals surface area contributed by atoms with Crippen LogP contribution in [0.15, 0.2) is 53.6 Å². The summed E-state index contributed by atoms with van der Waals surface area (Å²) in [5.74, 6) is -0.165. The number of nitrogens with zero attached hydrogens (tertiary/aromatic N) is 1. The van der Waals surface area contributed by atoms with Gasteiger partial charge in [-0.05, 0) is 35.2 Å². The van der Waals surface area contributed by atoms with Gasteiger partial charge in [-0.3, -0.25) is 4.79 Å². The molecule has 2 rings (SSSR count). The first-order valence-electron chi connectivity index (χ1n) is 7.10. The minimum Gasteiger partial charge on any atom is -0.507 e. The minimum absolute atomic E-state index is 0.0536. The van der Waals surface area contributed by atoms with E-state index in [-0.39, 0.29) is 17.1 Å². The Bertz CT molecular complexity index is 683. The first-order chi connectivity index (χ1) is 10.4. The van der Waals surface area contributed by atoms with Crippen LogP contribution in [0.3, 0.4) is 0 Å². The summed E-state index contributed by atoms with van der Waals surface area (Å²) in [6.07, 6.45) is 1.41. The molecule has 0 saturated carbocycles. The lowest BCUT2D eigenvalue weighted by molar-refractivity contribution is 0.0955. The lowest BCUT2D eigenvalue weighted by Gasteiger charge is -2.18. The van der Waals surface area contributed by atoms with Gasteiger partial charge in [0.05, 0.1) is 6.21 Å². The number of hydrogen-bond donors (Lipinski definition) is 2. The monoisotopic (exact) mass is 296 g/mol. The molecule has 4 nitrogen and oxygen atoms in total. The third-order valence-corrected chi connectivity index (χ3v) is 3.32. The second kappa shape index (κ2) is 6.43. The molecule has 2 aromatic carbocycles. The summed E-state index contributed by atoms with van der Waals surface area (Å²) in [5, 5.41) is 13.5. The second-order valence-corrected chi connectivity index (χ2v) is 6.09. The summed E-state index contributed by atoms with van der Waals surface area (Å²) in [4.78, 5) is 12.0. The van der Waals surface area contributed by atoms with Gasteiger partial charge < -0.3 is 5.11 Å². The summed E-state index contributed by atoms with van der Waals surface area (Å²) < 4.78 is 0. The van der Waals surface area contributed by atoms with Crippen molar-refractivity contribution in [1.29, 1.82) is 0 Å². The third-order valence-electron chi connectivity index (χ3n) is 3.32. The van der Waals surface area contributed by atoms with Crippen LogP contribution in [0.5, 0.6) is 5.75 Å². The summed E-state index contributed by atoms with van der Waals surface area (Å²) in [6.45, 7) is 6.37. The number of benzene rings is 2. The van der Waals surface area contributed by atoms with Crippen LogP contribution in [-0.4, -0.2) is 17.2 Å². The predicted octanol–water partition coefficient (Wildman–Crippen LogP) is 3.45. The lowest BCUT2D eigenvalue weighted by atomic mass is 9.87. The zero-order valence-corrected chi connectivity index (χ0v) is 13.0. The van der Waals surface area contributed by atoms with E-state index in [1.54, 1.807) is 36.4 Å². The zero-order valence-electron chi connectivity index (χ0n) is 13.0. The largest absolute Gasteiger partial charge is 0.507 e. The predicted molar refractivity (Wildman–Crippen MR) is 88.3 cm³/mol. The van der Waals surface area contributed by atoms with Gasteiger partial charge in [0, 0.05) is 11.1 Å². The number of hydrogen-bond acceptors (Lipinski definition) is 3. The van der Waals surface area contributed by atoms with Crippen molar-refractivity contribution in [2.24, 2.45) is 5.10 Å². The molecule has 0 aliphatic rings. The molecule has 0 spiro atoms. The highest BCUT2D eigenvalue weighted by atomic mass is 16.3. The number of aromatic hydroxyl groups is 1. The molecule has 0 aromatic heterocycles. The molecule has 1 amide bonds. The number of carbonyl (C=O) groups is 1. The Balaban J connectivity index is 2.02. The summed E-state index contributed by atoms with van der Waals surface area (Å²) in [5.41, 5.74) is 4.77. The molecule has 0 aliphatic heterocycles. The molecule has 22 heavy (non-hydrogen) atoms. The Hall–Kier alpha value is -2.62. The van der Waals surface area contributed by atoms with Gasteiger partial charge in [0.2, 0.25) is 0 Å². The van der Waals surface area contributed by atoms with Gasteiger partial charge in [-0.1, -0.05) is 45.0 Å². The van der Waals surface area contributed by atoms with Crippen LogP contribution in [0.2, 0.25) is 0 Å². The number of hydrazone groups is 1. The van der Waals surface area contributed by atoms with Crippen molar-refractivity contribution in [3.63, 3.8) is 0 Å². The Labute approximate surface area is 130 Å². The fourth-order valence-electron chi connectivity index (χ4n) is 1.94. The van der Waals surface area contributed by atoms with E-state index < -0.39 is 0 Å². The van der Waals surface area contributed by atoms with Crippen molar-refractivity contribution < 1.29 is 9.90 Å². The van der Waals surface area contributed by atoms with Crippen molar-refractivity contribution in [3.05, 3.63) is 65.2 Å². The molecule has 114 valence electrons. The van der Waals surface area contributed by atoms with E-state index in [1.165, 1.54) is 11.8 Å². The smallest absolute Gasteiger partial charge is 0.271 e. The molecule has 4 heteroatoms. The number of phenols is 1. The van der Waals surface area contributed by atoms with Crippen molar-refractivity contribution in [2.75, 3.05) is 0 Å². The van der Waals surface area contributed by atoms with Crippen molar-refractivity contribution in [3.8, 4) is 5.75 Å². The number of amides is 1. The van der Waals surface area contributed by atoms with E-state index in [4.69, 9.17) is 0 Å². The molecule has 0 bridgehead atoms.